The number of likely N-dealkylation sites (tertiary alicyclic amines) is 1. The average molecular weight is 483 g/mol. The Morgan fingerprint density at radius 1 is 0.971 bits per heavy atom. The summed E-state index contributed by atoms with van der Waals surface area (Å²) in [4.78, 5) is 40.8. The second-order valence-corrected chi connectivity index (χ2v) is 8.88. The smallest absolute Gasteiger partial charge is 0.338 e. The van der Waals surface area contributed by atoms with Crippen LogP contribution in [0.5, 0.6) is 11.5 Å². The number of para-hydroxylation sites is 1. The molecule has 2 amide bonds. The summed E-state index contributed by atoms with van der Waals surface area (Å²) in [6.07, 6.45) is 3.14. The molecule has 0 spiro atoms. The third-order valence-corrected chi connectivity index (χ3v) is 6.29. The van der Waals surface area contributed by atoms with E-state index in [1.54, 1.807) is 38.4 Å². The van der Waals surface area contributed by atoms with Crippen molar-refractivity contribution in [3.05, 3.63) is 59.7 Å². The lowest BCUT2D eigenvalue weighted by Gasteiger charge is -2.38. The number of amides is 2. The van der Waals surface area contributed by atoms with Crippen molar-refractivity contribution in [2.24, 2.45) is 0 Å². The zero-order valence-corrected chi connectivity index (χ0v) is 20.9. The van der Waals surface area contributed by atoms with Gasteiger partial charge in [-0.15, -0.1) is 0 Å². The third kappa shape index (κ3) is 6.97. The van der Waals surface area contributed by atoms with E-state index in [0.717, 1.165) is 24.8 Å². The molecule has 0 saturated carbocycles. The Bertz CT molecular complexity index is 1010. The van der Waals surface area contributed by atoms with Crippen LogP contribution in [0.25, 0.3) is 0 Å². The molecule has 1 aliphatic rings. The average Bonchev–Trinajstić information content (AvgIpc) is 2.86. The molecule has 1 aliphatic heterocycles. The fraction of sp³-hybridized carbons (Fsp3) is 0.444. The molecule has 2 atom stereocenters. The molecule has 0 aliphatic carbocycles. The SMILES string of the molecule is COc1ccccc1CN(C)C(=O)COC(=O)c1ccc(OCC(=O)N2C(C)CCCC2C)cc1. The van der Waals surface area contributed by atoms with Gasteiger partial charge < -0.3 is 24.0 Å². The Kier molecular flexibility index (Phi) is 9.11. The summed E-state index contributed by atoms with van der Waals surface area (Å²) in [6, 6.07) is 14.2. The highest BCUT2D eigenvalue weighted by Gasteiger charge is 2.29. The molecule has 0 bridgehead atoms. The van der Waals surface area contributed by atoms with Crippen LogP contribution in [0.2, 0.25) is 0 Å². The van der Waals surface area contributed by atoms with Crippen LogP contribution in [0, 0.1) is 0 Å². The fourth-order valence-electron chi connectivity index (χ4n) is 4.32. The van der Waals surface area contributed by atoms with Crippen molar-refractivity contribution in [3.8, 4) is 11.5 Å². The predicted molar refractivity (Wildman–Crippen MR) is 131 cm³/mol. The van der Waals surface area contributed by atoms with Gasteiger partial charge in [0.1, 0.15) is 11.5 Å². The second-order valence-electron chi connectivity index (χ2n) is 8.88. The number of carbonyl (C=O) groups is 3. The van der Waals surface area contributed by atoms with E-state index in [1.165, 1.54) is 4.90 Å². The monoisotopic (exact) mass is 482 g/mol. The van der Waals surface area contributed by atoms with Gasteiger partial charge in [-0.25, -0.2) is 4.79 Å². The summed E-state index contributed by atoms with van der Waals surface area (Å²) in [7, 11) is 3.22. The highest BCUT2D eigenvalue weighted by molar-refractivity contribution is 5.91. The minimum atomic E-state index is -0.609. The number of methoxy groups -OCH3 is 1. The zero-order chi connectivity index (χ0) is 25.4. The Morgan fingerprint density at radius 2 is 1.63 bits per heavy atom. The summed E-state index contributed by atoms with van der Waals surface area (Å²) < 4.78 is 16.1. The van der Waals surface area contributed by atoms with Crippen molar-refractivity contribution in [2.75, 3.05) is 27.4 Å². The lowest BCUT2D eigenvalue weighted by atomic mass is 9.97. The molecule has 2 aromatic rings. The van der Waals surface area contributed by atoms with Crippen LogP contribution in [0.3, 0.4) is 0 Å². The molecule has 0 N–H and O–H groups in total. The largest absolute Gasteiger partial charge is 0.496 e. The summed E-state index contributed by atoms with van der Waals surface area (Å²) in [5, 5.41) is 0. The number of rotatable bonds is 9. The van der Waals surface area contributed by atoms with Crippen LogP contribution in [0.1, 0.15) is 49.0 Å². The topological polar surface area (TPSA) is 85.4 Å². The Balaban J connectivity index is 1.46. The normalized spacial score (nSPS) is 17.4. The Morgan fingerprint density at radius 3 is 2.29 bits per heavy atom. The Hall–Kier alpha value is -3.55. The molecular weight excluding hydrogens is 448 g/mol. The van der Waals surface area contributed by atoms with E-state index in [1.807, 2.05) is 29.2 Å². The molecule has 0 aromatic heterocycles. The predicted octanol–water partition coefficient (Wildman–Crippen LogP) is 3.68. The minimum Gasteiger partial charge on any atom is -0.496 e. The molecule has 8 nitrogen and oxygen atoms in total. The number of nitrogens with zero attached hydrogens (tertiary/aromatic N) is 2. The van der Waals surface area contributed by atoms with Crippen LogP contribution in [-0.2, 0) is 20.9 Å². The third-order valence-electron chi connectivity index (χ3n) is 6.29. The first-order valence-corrected chi connectivity index (χ1v) is 11.9. The van der Waals surface area contributed by atoms with Gasteiger partial charge in [-0.05, 0) is 63.4 Å². The summed E-state index contributed by atoms with van der Waals surface area (Å²) in [5.41, 5.74) is 1.15. The standard InChI is InChI=1S/C27H34N2O6/c1-19-8-7-9-20(2)29(19)26(31)18-34-23-14-12-21(13-15-23)27(32)35-17-25(30)28(3)16-22-10-5-6-11-24(22)33-4/h5-6,10-15,19-20H,7-9,16-18H2,1-4H3. The number of hydrogen-bond acceptors (Lipinski definition) is 6. The van der Waals surface area contributed by atoms with Crippen molar-refractivity contribution < 1.29 is 28.6 Å². The first-order chi connectivity index (χ1) is 16.8. The van der Waals surface area contributed by atoms with Crippen LogP contribution in [-0.4, -0.2) is 67.0 Å². The van der Waals surface area contributed by atoms with E-state index in [4.69, 9.17) is 14.2 Å². The number of ether oxygens (including phenoxy) is 3. The highest BCUT2D eigenvalue weighted by Crippen LogP contribution is 2.23. The van der Waals surface area contributed by atoms with Crippen LogP contribution < -0.4 is 9.47 Å². The Labute approximate surface area is 206 Å². The number of esters is 1. The van der Waals surface area contributed by atoms with Gasteiger partial charge in [-0.2, -0.15) is 0 Å². The first kappa shape index (κ1) is 26.1. The summed E-state index contributed by atoms with van der Waals surface area (Å²) in [6.45, 7) is 4.04. The van der Waals surface area contributed by atoms with Gasteiger partial charge in [0.15, 0.2) is 13.2 Å². The summed E-state index contributed by atoms with van der Waals surface area (Å²) in [5.74, 6) is 0.198. The van der Waals surface area contributed by atoms with E-state index in [-0.39, 0.29) is 37.1 Å². The lowest BCUT2D eigenvalue weighted by molar-refractivity contribution is -0.139. The molecule has 3 rings (SSSR count). The van der Waals surface area contributed by atoms with E-state index in [0.29, 0.717) is 23.6 Å². The maximum Gasteiger partial charge on any atom is 0.338 e. The quantitative estimate of drug-likeness (QED) is 0.507. The van der Waals surface area contributed by atoms with E-state index in [9.17, 15) is 14.4 Å². The second kappa shape index (κ2) is 12.2. The van der Waals surface area contributed by atoms with Crippen molar-refractivity contribution >= 4 is 17.8 Å². The van der Waals surface area contributed by atoms with Gasteiger partial charge in [0.25, 0.3) is 11.8 Å². The van der Waals surface area contributed by atoms with Gasteiger partial charge in [0, 0.05) is 31.2 Å². The van der Waals surface area contributed by atoms with Crippen LogP contribution in [0.15, 0.2) is 48.5 Å². The van der Waals surface area contributed by atoms with E-state index in [2.05, 4.69) is 13.8 Å². The first-order valence-electron chi connectivity index (χ1n) is 11.9. The highest BCUT2D eigenvalue weighted by atomic mass is 16.5. The minimum absolute atomic E-state index is 0.0380. The fourth-order valence-corrected chi connectivity index (χ4v) is 4.32. The van der Waals surface area contributed by atoms with Crippen LogP contribution >= 0.6 is 0 Å². The number of piperidine rings is 1. The van der Waals surface area contributed by atoms with Crippen molar-refractivity contribution in [1.82, 2.24) is 9.80 Å². The molecule has 8 heteroatoms. The maximum absolute atomic E-state index is 12.6. The van der Waals surface area contributed by atoms with E-state index < -0.39 is 5.97 Å². The van der Waals surface area contributed by atoms with Gasteiger partial charge >= 0.3 is 5.97 Å². The molecule has 0 radical (unpaired) electrons. The number of hydrogen-bond donors (Lipinski definition) is 0. The number of benzene rings is 2. The molecule has 1 fully saturated rings. The van der Waals surface area contributed by atoms with E-state index >= 15 is 0 Å². The van der Waals surface area contributed by atoms with Gasteiger partial charge in [-0.1, -0.05) is 18.2 Å². The molecule has 1 heterocycles. The van der Waals surface area contributed by atoms with Crippen molar-refractivity contribution in [2.45, 2.75) is 51.7 Å². The number of likely N-dealkylation sites (N-methyl/N-ethyl adjacent to an activating group) is 1. The zero-order valence-electron chi connectivity index (χ0n) is 20.9. The molecular formula is C27H34N2O6. The van der Waals surface area contributed by atoms with Crippen molar-refractivity contribution in [3.63, 3.8) is 0 Å². The number of carbonyl (C=O) groups excluding carboxylic acids is 3. The summed E-state index contributed by atoms with van der Waals surface area (Å²) >= 11 is 0. The molecule has 2 aromatic carbocycles. The van der Waals surface area contributed by atoms with Gasteiger partial charge in [0.05, 0.1) is 12.7 Å². The van der Waals surface area contributed by atoms with Gasteiger partial charge in [-0.3, -0.25) is 9.59 Å². The lowest BCUT2D eigenvalue weighted by Crippen LogP contribution is -2.49. The maximum atomic E-state index is 12.6. The van der Waals surface area contributed by atoms with Crippen LogP contribution in [0.4, 0.5) is 0 Å². The molecule has 35 heavy (non-hydrogen) atoms. The molecule has 1 saturated heterocycles. The van der Waals surface area contributed by atoms with Crippen molar-refractivity contribution in [1.29, 1.82) is 0 Å². The van der Waals surface area contributed by atoms with Gasteiger partial charge in [0.2, 0.25) is 0 Å². The molecule has 2 unspecified atom stereocenters. The molecule has 188 valence electrons.